The van der Waals surface area contributed by atoms with Crippen LogP contribution in [0.4, 0.5) is 13.2 Å². The number of hydrogen-bond acceptors (Lipinski definition) is 3. The van der Waals surface area contributed by atoms with Gasteiger partial charge in [-0.25, -0.2) is 0 Å². The predicted molar refractivity (Wildman–Crippen MR) is 76.0 cm³/mol. The maximum absolute atomic E-state index is 12.9. The van der Waals surface area contributed by atoms with E-state index in [1.54, 1.807) is 4.90 Å². The molecule has 0 spiro atoms. The third-order valence-electron chi connectivity index (χ3n) is 3.44. The average Bonchev–Trinajstić information content (AvgIpc) is 2.41. The molecule has 1 saturated heterocycles. The van der Waals surface area contributed by atoms with E-state index < -0.39 is 18.6 Å². The van der Waals surface area contributed by atoms with E-state index in [0.717, 1.165) is 0 Å². The Kier molecular flexibility index (Phi) is 5.24. The second-order valence-electron chi connectivity index (χ2n) is 4.95. The van der Waals surface area contributed by atoms with Crippen molar-refractivity contribution in [2.24, 2.45) is 0 Å². The quantitative estimate of drug-likeness (QED) is 0.880. The van der Waals surface area contributed by atoms with Crippen LogP contribution in [0.25, 0.3) is 0 Å². The molecular formula is C13H15Cl2F3N2O. The fraction of sp³-hybridized carbons (Fsp3) is 0.538. The average molecular weight is 343 g/mol. The van der Waals surface area contributed by atoms with Crippen molar-refractivity contribution in [1.29, 1.82) is 0 Å². The first kappa shape index (κ1) is 16.7. The summed E-state index contributed by atoms with van der Waals surface area (Å²) in [5.74, 6) is -0.312. The molecule has 1 aliphatic heterocycles. The van der Waals surface area contributed by atoms with E-state index in [9.17, 15) is 18.3 Å². The molecule has 1 aliphatic rings. The van der Waals surface area contributed by atoms with Crippen molar-refractivity contribution in [3.05, 3.63) is 27.7 Å². The third kappa shape index (κ3) is 4.39. The van der Waals surface area contributed by atoms with E-state index >= 15 is 0 Å². The zero-order valence-electron chi connectivity index (χ0n) is 11.1. The summed E-state index contributed by atoms with van der Waals surface area (Å²) in [4.78, 5) is 1.75. The Morgan fingerprint density at radius 1 is 1.19 bits per heavy atom. The maximum atomic E-state index is 12.9. The second-order valence-corrected chi connectivity index (χ2v) is 5.77. The number of halogens is 5. The van der Waals surface area contributed by atoms with E-state index in [4.69, 9.17) is 23.2 Å². The predicted octanol–water partition coefficient (Wildman–Crippen LogP) is 3.60. The molecule has 0 aliphatic carbocycles. The first-order valence-corrected chi connectivity index (χ1v) is 7.23. The Hall–Kier alpha value is -0.690. The highest BCUT2D eigenvalue weighted by Gasteiger charge is 2.36. The van der Waals surface area contributed by atoms with E-state index in [2.05, 4.69) is 5.32 Å². The Morgan fingerprint density at radius 3 is 2.19 bits per heavy atom. The number of hydrogen-bond donors (Lipinski definition) is 2. The second kappa shape index (κ2) is 6.60. The molecule has 0 amide bonds. The summed E-state index contributed by atoms with van der Waals surface area (Å²) < 4.78 is 38.6. The van der Waals surface area contributed by atoms with Crippen molar-refractivity contribution in [3.63, 3.8) is 0 Å². The van der Waals surface area contributed by atoms with Crippen LogP contribution in [0, 0.1) is 0 Å². The lowest BCUT2D eigenvalue weighted by atomic mass is 10.0. The molecule has 2 N–H and O–H groups in total. The van der Waals surface area contributed by atoms with Crippen LogP contribution >= 0.6 is 23.2 Å². The van der Waals surface area contributed by atoms with Crippen LogP contribution < -0.4 is 5.32 Å². The van der Waals surface area contributed by atoms with Crippen molar-refractivity contribution in [3.8, 4) is 5.75 Å². The zero-order chi connectivity index (χ0) is 15.6. The summed E-state index contributed by atoms with van der Waals surface area (Å²) >= 11 is 11.7. The molecule has 0 unspecified atom stereocenters. The molecule has 2 rings (SSSR count). The summed E-state index contributed by atoms with van der Waals surface area (Å²) in [6, 6.07) is 1.84. The van der Waals surface area contributed by atoms with E-state index in [-0.39, 0.29) is 15.8 Å². The van der Waals surface area contributed by atoms with Crippen molar-refractivity contribution < 1.29 is 18.3 Å². The van der Waals surface area contributed by atoms with Gasteiger partial charge in [0.05, 0.1) is 16.5 Å². The van der Waals surface area contributed by atoms with Crippen LogP contribution in [-0.4, -0.2) is 42.4 Å². The third-order valence-corrected chi connectivity index (χ3v) is 4.02. The summed E-state index contributed by atoms with van der Waals surface area (Å²) in [7, 11) is 0. The monoisotopic (exact) mass is 342 g/mol. The number of aromatic hydroxyl groups is 1. The molecule has 118 valence electrons. The molecule has 3 nitrogen and oxygen atoms in total. The topological polar surface area (TPSA) is 35.5 Å². The number of phenolic OH excluding ortho intramolecular Hbond substituents is 1. The Bertz CT molecular complexity index is 482. The molecule has 8 heteroatoms. The minimum Gasteiger partial charge on any atom is -0.505 e. The van der Waals surface area contributed by atoms with Gasteiger partial charge in [0.25, 0.3) is 0 Å². The van der Waals surface area contributed by atoms with Gasteiger partial charge in [-0.05, 0) is 17.7 Å². The van der Waals surface area contributed by atoms with Crippen LogP contribution in [-0.2, 0) is 0 Å². The maximum Gasteiger partial charge on any atom is 0.390 e. The number of nitrogens with zero attached hydrogens (tertiary/aromatic N) is 1. The van der Waals surface area contributed by atoms with Crippen molar-refractivity contribution in [1.82, 2.24) is 10.2 Å². The standard InChI is InChI=1S/C13H15Cl2F3N2O/c14-9-5-8(6-10(15)12(9)21)11(7-13(16,17)18)20-3-1-19-2-4-20/h5-6,11,19,21H,1-4,7H2/t11-/m0/s1. The summed E-state index contributed by atoms with van der Waals surface area (Å²) in [6.07, 6.45) is -5.28. The number of rotatable bonds is 3. The lowest BCUT2D eigenvalue weighted by molar-refractivity contribution is -0.148. The van der Waals surface area contributed by atoms with E-state index in [0.29, 0.717) is 31.7 Å². The molecule has 0 aromatic heterocycles. The van der Waals surface area contributed by atoms with Gasteiger partial charge in [-0.15, -0.1) is 0 Å². The van der Waals surface area contributed by atoms with Crippen LogP contribution in [0.1, 0.15) is 18.0 Å². The van der Waals surface area contributed by atoms with Crippen LogP contribution in [0.3, 0.4) is 0 Å². The Labute approximate surface area is 130 Å². The Morgan fingerprint density at radius 2 is 1.71 bits per heavy atom. The smallest absolute Gasteiger partial charge is 0.390 e. The molecule has 1 atom stereocenters. The first-order valence-electron chi connectivity index (χ1n) is 6.47. The molecule has 1 aromatic rings. The lowest BCUT2D eigenvalue weighted by Gasteiger charge is -2.35. The number of benzene rings is 1. The van der Waals surface area contributed by atoms with Gasteiger partial charge in [0.1, 0.15) is 0 Å². The molecule has 0 bridgehead atoms. The van der Waals surface area contributed by atoms with Gasteiger partial charge in [0.2, 0.25) is 0 Å². The molecular weight excluding hydrogens is 328 g/mol. The number of piperazine rings is 1. The van der Waals surface area contributed by atoms with Gasteiger partial charge in [-0.2, -0.15) is 13.2 Å². The van der Waals surface area contributed by atoms with Crippen molar-refractivity contribution >= 4 is 23.2 Å². The van der Waals surface area contributed by atoms with Crippen LogP contribution in [0.2, 0.25) is 10.0 Å². The summed E-state index contributed by atoms with van der Waals surface area (Å²) in [5, 5.41) is 12.6. The Balaban J connectivity index is 2.34. The van der Waals surface area contributed by atoms with Gasteiger partial charge in [-0.1, -0.05) is 23.2 Å². The van der Waals surface area contributed by atoms with Gasteiger partial charge >= 0.3 is 6.18 Å². The van der Waals surface area contributed by atoms with Gasteiger partial charge < -0.3 is 10.4 Å². The normalized spacial score (nSPS) is 18.7. The SMILES string of the molecule is Oc1c(Cl)cc([C@H](CC(F)(F)F)N2CCNCC2)cc1Cl. The van der Waals surface area contributed by atoms with Crippen molar-refractivity contribution in [2.75, 3.05) is 26.2 Å². The zero-order valence-corrected chi connectivity index (χ0v) is 12.6. The molecule has 1 aromatic carbocycles. The van der Waals surface area contributed by atoms with Gasteiger partial charge in [0.15, 0.2) is 5.75 Å². The summed E-state index contributed by atoms with van der Waals surface area (Å²) in [5.41, 5.74) is 0.363. The minimum atomic E-state index is -4.30. The molecule has 1 heterocycles. The van der Waals surface area contributed by atoms with Crippen LogP contribution in [0.15, 0.2) is 12.1 Å². The number of alkyl halides is 3. The fourth-order valence-electron chi connectivity index (χ4n) is 2.45. The van der Waals surface area contributed by atoms with Gasteiger partial charge in [0, 0.05) is 32.2 Å². The minimum absolute atomic E-state index is 0.0418. The lowest BCUT2D eigenvalue weighted by Crippen LogP contribution is -2.46. The number of nitrogens with one attached hydrogen (secondary N) is 1. The fourth-order valence-corrected chi connectivity index (χ4v) is 2.95. The highest BCUT2D eigenvalue weighted by Crippen LogP contribution is 2.39. The van der Waals surface area contributed by atoms with E-state index in [1.165, 1.54) is 12.1 Å². The van der Waals surface area contributed by atoms with Crippen molar-refractivity contribution in [2.45, 2.75) is 18.6 Å². The highest BCUT2D eigenvalue weighted by molar-refractivity contribution is 6.37. The largest absolute Gasteiger partial charge is 0.505 e. The first-order chi connectivity index (χ1) is 9.78. The van der Waals surface area contributed by atoms with E-state index in [1.807, 2.05) is 0 Å². The summed E-state index contributed by atoms with van der Waals surface area (Å²) in [6.45, 7) is 2.29. The van der Waals surface area contributed by atoms with Crippen LogP contribution in [0.5, 0.6) is 5.75 Å². The molecule has 21 heavy (non-hydrogen) atoms. The van der Waals surface area contributed by atoms with Gasteiger partial charge in [-0.3, -0.25) is 4.90 Å². The number of phenols is 1. The molecule has 0 radical (unpaired) electrons. The molecule has 0 saturated carbocycles. The highest BCUT2D eigenvalue weighted by atomic mass is 35.5. The molecule has 1 fully saturated rings.